The minimum absolute atomic E-state index is 0.0752. The van der Waals surface area contributed by atoms with Crippen LogP contribution in [0, 0.1) is 0 Å². The third-order valence-electron chi connectivity index (χ3n) is 3.58. The fourth-order valence-electron chi connectivity index (χ4n) is 2.45. The molecule has 1 aliphatic carbocycles. The highest BCUT2D eigenvalue weighted by molar-refractivity contribution is 5.78. The van der Waals surface area contributed by atoms with Crippen molar-refractivity contribution in [2.24, 2.45) is 10.7 Å². The molecule has 4 N–H and O–H groups in total. The van der Waals surface area contributed by atoms with E-state index in [1.165, 1.54) is 19.3 Å². The second-order valence-electron chi connectivity index (χ2n) is 5.44. The van der Waals surface area contributed by atoms with Gasteiger partial charge in [0.1, 0.15) is 5.69 Å². The van der Waals surface area contributed by atoms with E-state index in [9.17, 15) is 13.2 Å². The number of nitrogens with zero attached hydrogens (tertiary/aromatic N) is 3. The topological polar surface area (TPSA) is 88.2 Å². The van der Waals surface area contributed by atoms with Crippen molar-refractivity contribution in [1.82, 2.24) is 15.3 Å². The van der Waals surface area contributed by atoms with Crippen molar-refractivity contribution in [1.29, 1.82) is 0 Å². The number of rotatable bonds is 5. The number of alkyl halides is 3. The highest BCUT2D eigenvalue weighted by Crippen LogP contribution is 2.27. The standard InChI is InChI=1S/C14H21F3N6/c15-14(16,17)11-6-7-20-13(23-11)21-9-8-19-12(18)22-10-4-2-1-3-5-10/h6-7,10H,1-5,8-9H2,(H3,18,19,22)(H,20,21,23). The predicted molar refractivity (Wildman–Crippen MR) is 82.0 cm³/mol. The summed E-state index contributed by atoms with van der Waals surface area (Å²) in [5, 5.41) is 5.87. The monoisotopic (exact) mass is 330 g/mol. The molecule has 1 aromatic heterocycles. The summed E-state index contributed by atoms with van der Waals surface area (Å²) in [5.41, 5.74) is 4.82. The van der Waals surface area contributed by atoms with Crippen molar-refractivity contribution >= 4 is 11.9 Å². The fourth-order valence-corrected chi connectivity index (χ4v) is 2.45. The number of aromatic nitrogens is 2. The van der Waals surface area contributed by atoms with Crippen molar-refractivity contribution < 1.29 is 13.2 Å². The van der Waals surface area contributed by atoms with Gasteiger partial charge in [-0.2, -0.15) is 13.2 Å². The van der Waals surface area contributed by atoms with Crippen LogP contribution in [-0.2, 0) is 6.18 Å². The zero-order valence-electron chi connectivity index (χ0n) is 12.7. The molecule has 2 rings (SSSR count). The molecular formula is C14H21F3N6. The minimum atomic E-state index is -4.48. The molecule has 0 unspecified atom stereocenters. The first-order valence-corrected chi connectivity index (χ1v) is 7.66. The van der Waals surface area contributed by atoms with E-state index in [0.29, 0.717) is 25.1 Å². The molecule has 0 saturated heterocycles. The van der Waals surface area contributed by atoms with Gasteiger partial charge in [-0.1, -0.05) is 19.3 Å². The Bertz CT molecular complexity index is 525. The zero-order valence-corrected chi connectivity index (χ0v) is 12.7. The normalized spacial score (nSPS) is 17.1. The molecule has 1 heterocycles. The van der Waals surface area contributed by atoms with Crippen LogP contribution < -0.4 is 16.4 Å². The molecule has 0 radical (unpaired) electrons. The first-order valence-electron chi connectivity index (χ1n) is 7.66. The van der Waals surface area contributed by atoms with Crippen LogP contribution in [0.5, 0.6) is 0 Å². The van der Waals surface area contributed by atoms with Gasteiger partial charge in [-0.15, -0.1) is 0 Å². The molecule has 1 fully saturated rings. The van der Waals surface area contributed by atoms with Gasteiger partial charge in [0.2, 0.25) is 5.95 Å². The Morgan fingerprint density at radius 3 is 2.74 bits per heavy atom. The largest absolute Gasteiger partial charge is 0.433 e. The number of aliphatic imine (C=N–C) groups is 1. The number of guanidine groups is 1. The summed E-state index contributed by atoms with van der Waals surface area (Å²) in [6.07, 6.45) is 2.42. The SMILES string of the molecule is NC(=NCCNc1nccc(C(F)(F)F)n1)NC1CCCCC1. The van der Waals surface area contributed by atoms with Crippen molar-refractivity contribution in [3.8, 4) is 0 Å². The van der Waals surface area contributed by atoms with Gasteiger partial charge in [-0.3, -0.25) is 4.99 Å². The quantitative estimate of drug-likeness (QED) is 0.437. The van der Waals surface area contributed by atoms with Gasteiger partial charge in [0, 0.05) is 18.8 Å². The summed E-state index contributed by atoms with van der Waals surface area (Å²) in [6.45, 7) is 0.625. The Morgan fingerprint density at radius 2 is 2.04 bits per heavy atom. The van der Waals surface area contributed by atoms with Gasteiger partial charge in [-0.05, 0) is 18.9 Å². The highest BCUT2D eigenvalue weighted by atomic mass is 19.4. The van der Waals surface area contributed by atoms with Gasteiger partial charge < -0.3 is 16.4 Å². The summed E-state index contributed by atoms with van der Waals surface area (Å²) in [6, 6.07) is 1.20. The average Bonchev–Trinajstić information content (AvgIpc) is 2.52. The van der Waals surface area contributed by atoms with Gasteiger partial charge >= 0.3 is 6.18 Å². The van der Waals surface area contributed by atoms with Gasteiger partial charge in [0.25, 0.3) is 0 Å². The molecule has 0 spiro atoms. The smallest absolute Gasteiger partial charge is 0.370 e. The van der Waals surface area contributed by atoms with E-state index in [4.69, 9.17) is 5.73 Å². The van der Waals surface area contributed by atoms with E-state index in [0.717, 1.165) is 25.1 Å². The first-order chi connectivity index (χ1) is 10.9. The van der Waals surface area contributed by atoms with Crippen LogP contribution in [0.1, 0.15) is 37.8 Å². The molecule has 0 amide bonds. The van der Waals surface area contributed by atoms with E-state index < -0.39 is 11.9 Å². The molecular weight excluding hydrogens is 309 g/mol. The second-order valence-corrected chi connectivity index (χ2v) is 5.44. The molecule has 0 aromatic carbocycles. The summed E-state index contributed by atoms with van der Waals surface area (Å²) in [5.74, 6) is 0.289. The zero-order chi connectivity index (χ0) is 16.7. The Hall–Kier alpha value is -2.06. The molecule has 1 saturated carbocycles. The van der Waals surface area contributed by atoms with Crippen LogP contribution in [0.2, 0.25) is 0 Å². The molecule has 1 aliphatic rings. The van der Waals surface area contributed by atoms with Crippen LogP contribution in [-0.4, -0.2) is 35.1 Å². The molecule has 0 atom stereocenters. The Morgan fingerprint density at radius 1 is 1.30 bits per heavy atom. The lowest BCUT2D eigenvalue weighted by molar-refractivity contribution is -0.141. The molecule has 1 aromatic rings. The van der Waals surface area contributed by atoms with Crippen LogP contribution in [0.25, 0.3) is 0 Å². The number of halogens is 3. The Labute approximate surface area is 132 Å². The summed E-state index contributed by atoms with van der Waals surface area (Å²) < 4.78 is 37.6. The highest BCUT2D eigenvalue weighted by Gasteiger charge is 2.32. The summed E-state index contributed by atoms with van der Waals surface area (Å²) in [7, 11) is 0. The number of hydrogen-bond donors (Lipinski definition) is 3. The number of hydrogen-bond acceptors (Lipinski definition) is 4. The van der Waals surface area contributed by atoms with E-state index >= 15 is 0 Å². The molecule has 0 bridgehead atoms. The molecule has 6 nitrogen and oxygen atoms in total. The Balaban J connectivity index is 1.75. The van der Waals surface area contributed by atoms with E-state index in [1.807, 2.05) is 0 Å². The van der Waals surface area contributed by atoms with Crippen molar-refractivity contribution in [3.63, 3.8) is 0 Å². The van der Waals surface area contributed by atoms with Crippen LogP contribution >= 0.6 is 0 Å². The minimum Gasteiger partial charge on any atom is -0.370 e. The molecule has 128 valence electrons. The second kappa shape index (κ2) is 7.98. The fraction of sp³-hybridized carbons (Fsp3) is 0.643. The van der Waals surface area contributed by atoms with Crippen LogP contribution in [0.4, 0.5) is 19.1 Å². The van der Waals surface area contributed by atoms with Crippen molar-refractivity contribution in [2.75, 3.05) is 18.4 Å². The van der Waals surface area contributed by atoms with Gasteiger partial charge in [-0.25, -0.2) is 9.97 Å². The van der Waals surface area contributed by atoms with Crippen molar-refractivity contribution in [3.05, 3.63) is 18.0 Å². The van der Waals surface area contributed by atoms with Crippen LogP contribution in [0.15, 0.2) is 17.3 Å². The van der Waals surface area contributed by atoms with E-state index in [-0.39, 0.29) is 5.95 Å². The lowest BCUT2D eigenvalue weighted by Crippen LogP contribution is -2.41. The van der Waals surface area contributed by atoms with Gasteiger partial charge in [0.05, 0.1) is 6.54 Å². The maximum Gasteiger partial charge on any atom is 0.433 e. The number of anilines is 1. The summed E-state index contributed by atoms with van der Waals surface area (Å²) in [4.78, 5) is 11.3. The molecule has 23 heavy (non-hydrogen) atoms. The first kappa shape index (κ1) is 17.3. The lowest BCUT2D eigenvalue weighted by atomic mass is 9.96. The van der Waals surface area contributed by atoms with Crippen LogP contribution in [0.3, 0.4) is 0 Å². The van der Waals surface area contributed by atoms with Crippen molar-refractivity contribution in [2.45, 2.75) is 44.3 Å². The van der Waals surface area contributed by atoms with E-state index in [2.05, 4.69) is 25.6 Å². The maximum absolute atomic E-state index is 12.5. The molecule has 0 aliphatic heterocycles. The van der Waals surface area contributed by atoms with Gasteiger partial charge in [0.15, 0.2) is 5.96 Å². The third kappa shape index (κ3) is 5.91. The number of nitrogens with one attached hydrogen (secondary N) is 2. The Kier molecular flexibility index (Phi) is 6.00. The van der Waals surface area contributed by atoms with E-state index in [1.54, 1.807) is 0 Å². The third-order valence-corrected chi connectivity index (χ3v) is 3.58. The predicted octanol–water partition coefficient (Wildman–Crippen LogP) is 2.14. The maximum atomic E-state index is 12.5. The summed E-state index contributed by atoms with van der Waals surface area (Å²) >= 11 is 0. The molecule has 9 heteroatoms. The lowest BCUT2D eigenvalue weighted by Gasteiger charge is -2.23. The average molecular weight is 330 g/mol. The number of nitrogens with two attached hydrogens (primary N) is 1.